The second-order valence-electron chi connectivity index (χ2n) is 2.36. The molecule has 0 atom stereocenters. The van der Waals surface area contributed by atoms with Crippen LogP contribution in [0.5, 0.6) is 0 Å². The monoisotopic (exact) mass is 206 g/mol. The Hall–Kier alpha value is -1.35. The molecule has 0 aliphatic carbocycles. The Balaban J connectivity index is 0.000000461. The van der Waals surface area contributed by atoms with E-state index in [0.717, 1.165) is 5.69 Å². The molecule has 0 spiro atoms. The van der Waals surface area contributed by atoms with Gasteiger partial charge in [-0.15, -0.1) is 11.3 Å². The molecule has 0 saturated heterocycles. The lowest BCUT2D eigenvalue weighted by molar-refractivity contribution is 1.08. The Labute approximate surface area is 88.3 Å². The average Bonchev–Trinajstić information content (AvgIpc) is 2.91. The molecule has 74 valence electrons. The van der Waals surface area contributed by atoms with E-state index >= 15 is 0 Å². The number of hydrogen-bond donors (Lipinski definition) is 1. The molecule has 0 fully saturated rings. The molecule has 1 N–H and O–H groups in total. The molecular weight excluding hydrogens is 192 g/mol. The molecule has 0 unspecified atom stereocenters. The summed E-state index contributed by atoms with van der Waals surface area (Å²) in [6, 6.07) is 6.05. The van der Waals surface area contributed by atoms with Crippen LogP contribution in [-0.2, 0) is 0 Å². The van der Waals surface area contributed by atoms with Gasteiger partial charge in [0.15, 0.2) is 0 Å². The fourth-order valence-corrected chi connectivity index (χ4v) is 1.54. The quantitative estimate of drug-likeness (QED) is 0.798. The normalized spacial score (nSPS) is 9.86. The van der Waals surface area contributed by atoms with Crippen molar-refractivity contribution in [1.29, 1.82) is 0 Å². The number of H-pyrrole nitrogens is 1. The van der Waals surface area contributed by atoms with Crippen molar-refractivity contribution in [3.63, 3.8) is 0 Å². The van der Waals surface area contributed by atoms with E-state index < -0.39 is 0 Å². The third-order valence-corrected chi connectivity index (χ3v) is 2.33. The highest BCUT2D eigenvalue weighted by Crippen LogP contribution is 2.11. The number of aromatic amines is 1. The van der Waals surface area contributed by atoms with Gasteiger partial charge < -0.3 is 0 Å². The fourth-order valence-electron chi connectivity index (χ4n) is 0.917. The lowest BCUT2D eigenvalue weighted by Crippen LogP contribution is -1.69. The Kier molecular flexibility index (Phi) is 4.72. The van der Waals surface area contributed by atoms with Gasteiger partial charge in [0.1, 0.15) is 0 Å². The average molecular weight is 206 g/mol. The minimum absolute atomic E-state index is 1.03. The Morgan fingerprint density at radius 2 is 2.14 bits per heavy atom. The first kappa shape index (κ1) is 10.7. The van der Waals surface area contributed by atoms with Gasteiger partial charge in [-0.3, -0.25) is 5.10 Å². The summed E-state index contributed by atoms with van der Waals surface area (Å²) in [6.07, 6.45) is 5.82. The summed E-state index contributed by atoms with van der Waals surface area (Å²) in [5.41, 5.74) is 1.03. The van der Waals surface area contributed by atoms with E-state index in [0.29, 0.717) is 0 Å². The van der Waals surface area contributed by atoms with Crippen molar-refractivity contribution in [2.75, 3.05) is 0 Å². The van der Waals surface area contributed by atoms with Gasteiger partial charge in [-0.05, 0) is 29.7 Å². The summed E-state index contributed by atoms with van der Waals surface area (Å²) in [7, 11) is 0. The van der Waals surface area contributed by atoms with Crippen molar-refractivity contribution in [2.45, 2.75) is 13.8 Å². The van der Waals surface area contributed by atoms with Gasteiger partial charge in [0, 0.05) is 11.1 Å². The molecule has 2 nitrogen and oxygen atoms in total. The summed E-state index contributed by atoms with van der Waals surface area (Å²) in [4.78, 5) is 1.25. The zero-order valence-corrected chi connectivity index (χ0v) is 9.21. The molecule has 2 aromatic heterocycles. The molecule has 0 aliphatic heterocycles. The number of thiophene rings is 1. The van der Waals surface area contributed by atoms with Gasteiger partial charge in [0.05, 0.1) is 5.69 Å². The van der Waals surface area contributed by atoms with Crippen LogP contribution in [0.4, 0.5) is 0 Å². The van der Waals surface area contributed by atoms with Crippen molar-refractivity contribution in [1.82, 2.24) is 10.2 Å². The van der Waals surface area contributed by atoms with Gasteiger partial charge in [0.25, 0.3) is 0 Å². The predicted molar refractivity (Wildman–Crippen MR) is 63.2 cm³/mol. The SMILES string of the molecule is C(=C\c1cccs1)/c1ccn[nH]1.CC. The van der Waals surface area contributed by atoms with Crippen LogP contribution in [-0.4, -0.2) is 10.2 Å². The number of nitrogens with one attached hydrogen (secondary N) is 1. The highest BCUT2D eigenvalue weighted by atomic mass is 32.1. The maximum atomic E-state index is 3.85. The molecule has 0 aliphatic rings. The van der Waals surface area contributed by atoms with Gasteiger partial charge in [-0.25, -0.2) is 0 Å². The van der Waals surface area contributed by atoms with E-state index in [1.807, 2.05) is 32.1 Å². The van der Waals surface area contributed by atoms with Crippen LogP contribution in [0, 0.1) is 0 Å². The topological polar surface area (TPSA) is 28.7 Å². The van der Waals surface area contributed by atoms with Crippen LogP contribution in [0.15, 0.2) is 29.8 Å². The zero-order chi connectivity index (χ0) is 10.2. The molecule has 14 heavy (non-hydrogen) atoms. The summed E-state index contributed by atoms with van der Waals surface area (Å²) in [6.45, 7) is 4.00. The van der Waals surface area contributed by atoms with Crippen molar-refractivity contribution in [3.05, 3.63) is 40.3 Å². The Morgan fingerprint density at radius 1 is 1.29 bits per heavy atom. The summed E-state index contributed by atoms with van der Waals surface area (Å²) in [5, 5.41) is 8.78. The van der Waals surface area contributed by atoms with Crippen LogP contribution in [0.3, 0.4) is 0 Å². The minimum atomic E-state index is 1.03. The lowest BCUT2D eigenvalue weighted by atomic mass is 10.3. The highest BCUT2D eigenvalue weighted by Gasteiger charge is 1.87. The number of hydrogen-bond acceptors (Lipinski definition) is 2. The van der Waals surface area contributed by atoms with E-state index in [4.69, 9.17) is 0 Å². The molecule has 2 aromatic rings. The summed E-state index contributed by atoms with van der Waals surface area (Å²) >= 11 is 1.72. The third-order valence-electron chi connectivity index (χ3n) is 1.49. The predicted octanol–water partition coefficient (Wildman–Crippen LogP) is 3.67. The van der Waals surface area contributed by atoms with Crippen molar-refractivity contribution >= 4 is 23.5 Å². The molecule has 0 saturated carbocycles. The first-order valence-electron chi connectivity index (χ1n) is 4.66. The maximum absolute atomic E-state index is 3.85. The largest absolute Gasteiger partial charge is 0.278 e. The van der Waals surface area contributed by atoms with E-state index in [9.17, 15) is 0 Å². The second-order valence-corrected chi connectivity index (χ2v) is 3.34. The van der Waals surface area contributed by atoms with Gasteiger partial charge in [-0.2, -0.15) is 5.10 Å². The summed E-state index contributed by atoms with van der Waals surface area (Å²) < 4.78 is 0. The molecule has 0 bridgehead atoms. The molecule has 0 radical (unpaired) electrons. The smallest absolute Gasteiger partial charge is 0.0578 e. The van der Waals surface area contributed by atoms with Crippen molar-refractivity contribution in [3.8, 4) is 0 Å². The van der Waals surface area contributed by atoms with Crippen LogP contribution >= 0.6 is 11.3 Å². The molecule has 0 aromatic carbocycles. The molecule has 3 heteroatoms. The zero-order valence-electron chi connectivity index (χ0n) is 8.40. The minimum Gasteiger partial charge on any atom is -0.278 e. The standard InChI is InChI=1S/C9H8N2S.C2H6/c1-2-9(12-7-1)4-3-8-5-6-10-11-8;1-2/h1-7H,(H,10,11);1-2H3/b4-3+;. The van der Waals surface area contributed by atoms with E-state index in [1.54, 1.807) is 17.5 Å². The molecule has 2 rings (SSSR count). The Morgan fingerprint density at radius 3 is 2.71 bits per heavy atom. The lowest BCUT2D eigenvalue weighted by Gasteiger charge is -1.82. The number of aromatic nitrogens is 2. The molecule has 0 amide bonds. The van der Waals surface area contributed by atoms with Crippen LogP contribution in [0.1, 0.15) is 24.4 Å². The summed E-state index contributed by atoms with van der Waals surface area (Å²) in [5.74, 6) is 0. The van der Waals surface area contributed by atoms with Crippen LogP contribution in [0.25, 0.3) is 12.2 Å². The van der Waals surface area contributed by atoms with Crippen molar-refractivity contribution < 1.29 is 0 Å². The maximum Gasteiger partial charge on any atom is 0.0578 e. The number of rotatable bonds is 2. The highest BCUT2D eigenvalue weighted by molar-refractivity contribution is 7.10. The second kappa shape index (κ2) is 6.16. The van der Waals surface area contributed by atoms with E-state index in [-0.39, 0.29) is 0 Å². The third kappa shape index (κ3) is 3.18. The van der Waals surface area contributed by atoms with Crippen LogP contribution in [0.2, 0.25) is 0 Å². The van der Waals surface area contributed by atoms with Crippen molar-refractivity contribution in [2.24, 2.45) is 0 Å². The number of nitrogens with zero attached hydrogens (tertiary/aromatic N) is 1. The van der Waals surface area contributed by atoms with Crippen LogP contribution < -0.4 is 0 Å². The molecule has 2 heterocycles. The first-order valence-corrected chi connectivity index (χ1v) is 5.54. The molecular formula is C11H14N2S. The van der Waals surface area contributed by atoms with Gasteiger partial charge >= 0.3 is 0 Å². The Bertz CT molecular complexity index is 310. The van der Waals surface area contributed by atoms with Gasteiger partial charge in [-0.1, -0.05) is 19.9 Å². The first-order chi connectivity index (χ1) is 6.95. The van der Waals surface area contributed by atoms with Gasteiger partial charge in [0.2, 0.25) is 0 Å². The fraction of sp³-hybridized carbons (Fsp3) is 0.182. The van der Waals surface area contributed by atoms with E-state index in [2.05, 4.69) is 27.7 Å². The van der Waals surface area contributed by atoms with E-state index in [1.165, 1.54) is 4.88 Å².